The standard InChI is InChI=1S/C23H38N2/c1-4-23(2,3)20-10-12-21(13-11-20)24-22-14-16-25(17-15-22)18-19-8-6-5-7-9-19/h5-9,20-22,24H,4,10-18H2,1-3H3. The average molecular weight is 343 g/mol. The highest BCUT2D eigenvalue weighted by Crippen LogP contribution is 2.40. The maximum Gasteiger partial charge on any atom is 0.0233 e. The van der Waals surface area contributed by atoms with Gasteiger partial charge in [0.1, 0.15) is 0 Å². The number of nitrogens with one attached hydrogen (secondary N) is 1. The first-order chi connectivity index (χ1) is 12.1. The first kappa shape index (κ1) is 18.9. The summed E-state index contributed by atoms with van der Waals surface area (Å²) in [6.45, 7) is 10.9. The van der Waals surface area contributed by atoms with Crippen LogP contribution in [0.1, 0.15) is 71.3 Å². The molecule has 2 nitrogen and oxygen atoms in total. The van der Waals surface area contributed by atoms with Gasteiger partial charge < -0.3 is 5.32 Å². The molecule has 1 heterocycles. The smallest absolute Gasteiger partial charge is 0.0233 e. The second-order valence-corrected chi connectivity index (χ2v) is 9.09. The van der Waals surface area contributed by atoms with E-state index in [1.54, 1.807) is 0 Å². The lowest BCUT2D eigenvalue weighted by atomic mass is 9.69. The summed E-state index contributed by atoms with van der Waals surface area (Å²) >= 11 is 0. The van der Waals surface area contributed by atoms with E-state index >= 15 is 0 Å². The van der Waals surface area contributed by atoms with Crippen molar-refractivity contribution in [2.75, 3.05) is 13.1 Å². The molecule has 3 rings (SSSR count). The molecule has 25 heavy (non-hydrogen) atoms. The SMILES string of the molecule is CCC(C)(C)C1CCC(NC2CCN(Cc3ccccc3)CC2)CC1. The van der Waals surface area contributed by atoms with Gasteiger partial charge >= 0.3 is 0 Å². The molecule has 0 amide bonds. The molecule has 1 aromatic rings. The van der Waals surface area contributed by atoms with E-state index in [1.165, 1.54) is 63.6 Å². The molecule has 140 valence electrons. The fourth-order valence-corrected chi connectivity index (χ4v) is 4.76. The average Bonchev–Trinajstić information content (AvgIpc) is 2.65. The van der Waals surface area contributed by atoms with Crippen LogP contribution in [-0.4, -0.2) is 30.1 Å². The minimum Gasteiger partial charge on any atom is -0.311 e. The van der Waals surface area contributed by atoms with E-state index in [0.29, 0.717) is 5.41 Å². The number of rotatable bonds is 6. The van der Waals surface area contributed by atoms with E-state index in [9.17, 15) is 0 Å². The van der Waals surface area contributed by atoms with Crippen LogP contribution < -0.4 is 5.32 Å². The summed E-state index contributed by atoms with van der Waals surface area (Å²) in [5.74, 6) is 0.934. The van der Waals surface area contributed by atoms with Crippen LogP contribution in [0, 0.1) is 11.3 Å². The van der Waals surface area contributed by atoms with Crippen LogP contribution in [0.4, 0.5) is 0 Å². The zero-order chi connectivity index (χ0) is 17.7. The Morgan fingerprint density at radius 2 is 1.52 bits per heavy atom. The fourth-order valence-electron chi connectivity index (χ4n) is 4.76. The lowest BCUT2D eigenvalue weighted by Crippen LogP contribution is -2.47. The molecule has 0 bridgehead atoms. The Kier molecular flexibility index (Phi) is 6.57. The van der Waals surface area contributed by atoms with Crippen LogP contribution in [0.15, 0.2) is 30.3 Å². The molecule has 1 aliphatic heterocycles. The lowest BCUT2D eigenvalue weighted by Gasteiger charge is -2.41. The van der Waals surface area contributed by atoms with Gasteiger partial charge in [0.05, 0.1) is 0 Å². The molecule has 0 radical (unpaired) electrons. The Bertz CT molecular complexity index is 494. The number of benzene rings is 1. The summed E-state index contributed by atoms with van der Waals surface area (Å²) < 4.78 is 0. The molecule has 1 saturated carbocycles. The molecule has 1 aliphatic carbocycles. The van der Waals surface area contributed by atoms with Crippen LogP contribution in [-0.2, 0) is 6.54 Å². The third kappa shape index (κ3) is 5.31. The summed E-state index contributed by atoms with van der Waals surface area (Å²) in [6.07, 6.45) is 9.56. The summed E-state index contributed by atoms with van der Waals surface area (Å²) in [5.41, 5.74) is 1.99. The van der Waals surface area contributed by atoms with Crippen molar-refractivity contribution in [3.05, 3.63) is 35.9 Å². The monoisotopic (exact) mass is 342 g/mol. The molecule has 0 spiro atoms. The largest absolute Gasteiger partial charge is 0.311 e. The van der Waals surface area contributed by atoms with Gasteiger partial charge in [-0.15, -0.1) is 0 Å². The van der Waals surface area contributed by atoms with Crippen molar-refractivity contribution >= 4 is 0 Å². The quantitative estimate of drug-likeness (QED) is 0.761. The number of hydrogen-bond donors (Lipinski definition) is 1. The van der Waals surface area contributed by atoms with Crippen molar-refractivity contribution in [3.63, 3.8) is 0 Å². The van der Waals surface area contributed by atoms with Gasteiger partial charge in [-0.25, -0.2) is 0 Å². The van der Waals surface area contributed by atoms with E-state index < -0.39 is 0 Å². The van der Waals surface area contributed by atoms with E-state index in [-0.39, 0.29) is 0 Å². The van der Waals surface area contributed by atoms with E-state index in [0.717, 1.165) is 24.5 Å². The summed E-state index contributed by atoms with van der Waals surface area (Å²) in [5, 5.41) is 4.01. The number of likely N-dealkylation sites (tertiary alicyclic amines) is 1. The number of piperidine rings is 1. The highest BCUT2D eigenvalue weighted by Gasteiger charge is 2.32. The zero-order valence-corrected chi connectivity index (χ0v) is 16.6. The molecular formula is C23H38N2. The Morgan fingerprint density at radius 3 is 2.12 bits per heavy atom. The third-order valence-electron chi connectivity index (χ3n) is 7.05. The molecule has 0 unspecified atom stereocenters. The van der Waals surface area contributed by atoms with Gasteiger partial charge in [-0.3, -0.25) is 4.90 Å². The van der Waals surface area contributed by atoms with E-state index in [1.807, 2.05) is 0 Å². The predicted octanol–water partition coefficient (Wildman–Crippen LogP) is 5.24. The predicted molar refractivity (Wildman–Crippen MR) is 108 cm³/mol. The first-order valence-corrected chi connectivity index (χ1v) is 10.6. The molecule has 1 aromatic carbocycles. The maximum atomic E-state index is 4.01. The van der Waals surface area contributed by atoms with Crippen LogP contribution in [0.3, 0.4) is 0 Å². The Morgan fingerprint density at radius 1 is 0.920 bits per heavy atom. The van der Waals surface area contributed by atoms with Crippen molar-refractivity contribution in [3.8, 4) is 0 Å². The molecule has 2 fully saturated rings. The molecule has 0 aromatic heterocycles. The minimum atomic E-state index is 0.535. The minimum absolute atomic E-state index is 0.535. The van der Waals surface area contributed by atoms with Crippen LogP contribution in [0.25, 0.3) is 0 Å². The summed E-state index contributed by atoms with van der Waals surface area (Å²) in [4.78, 5) is 2.62. The molecular weight excluding hydrogens is 304 g/mol. The maximum absolute atomic E-state index is 4.01. The highest BCUT2D eigenvalue weighted by atomic mass is 15.1. The van der Waals surface area contributed by atoms with Crippen LogP contribution in [0.5, 0.6) is 0 Å². The second-order valence-electron chi connectivity index (χ2n) is 9.09. The van der Waals surface area contributed by atoms with Gasteiger partial charge in [-0.05, 0) is 68.5 Å². The summed E-state index contributed by atoms with van der Waals surface area (Å²) in [7, 11) is 0. The van der Waals surface area contributed by atoms with Crippen molar-refractivity contribution in [2.45, 2.75) is 84.3 Å². The molecule has 1 N–H and O–H groups in total. The van der Waals surface area contributed by atoms with E-state index in [4.69, 9.17) is 0 Å². The normalized spacial score (nSPS) is 26.7. The van der Waals surface area contributed by atoms with Crippen molar-refractivity contribution in [1.82, 2.24) is 10.2 Å². The van der Waals surface area contributed by atoms with Gasteiger partial charge in [0, 0.05) is 18.6 Å². The molecule has 2 aliphatic rings. The van der Waals surface area contributed by atoms with Gasteiger partial charge in [0.2, 0.25) is 0 Å². The van der Waals surface area contributed by atoms with E-state index in [2.05, 4.69) is 61.3 Å². The Labute approximate surface area is 155 Å². The van der Waals surface area contributed by atoms with Gasteiger partial charge in [-0.1, -0.05) is 57.5 Å². The van der Waals surface area contributed by atoms with Gasteiger partial charge in [0.25, 0.3) is 0 Å². The van der Waals surface area contributed by atoms with Gasteiger partial charge in [-0.2, -0.15) is 0 Å². The first-order valence-electron chi connectivity index (χ1n) is 10.6. The Balaban J connectivity index is 1.37. The number of hydrogen-bond acceptors (Lipinski definition) is 2. The topological polar surface area (TPSA) is 15.3 Å². The highest BCUT2D eigenvalue weighted by molar-refractivity contribution is 5.14. The lowest BCUT2D eigenvalue weighted by molar-refractivity contribution is 0.124. The zero-order valence-electron chi connectivity index (χ0n) is 16.6. The Hall–Kier alpha value is -0.860. The number of nitrogens with zero attached hydrogens (tertiary/aromatic N) is 1. The van der Waals surface area contributed by atoms with Crippen LogP contribution in [0.2, 0.25) is 0 Å². The fraction of sp³-hybridized carbons (Fsp3) is 0.739. The third-order valence-corrected chi connectivity index (χ3v) is 7.05. The van der Waals surface area contributed by atoms with Crippen molar-refractivity contribution in [2.24, 2.45) is 11.3 Å². The summed E-state index contributed by atoms with van der Waals surface area (Å²) in [6, 6.07) is 12.4. The van der Waals surface area contributed by atoms with Crippen molar-refractivity contribution in [1.29, 1.82) is 0 Å². The van der Waals surface area contributed by atoms with Gasteiger partial charge in [0.15, 0.2) is 0 Å². The second kappa shape index (κ2) is 8.68. The molecule has 1 saturated heterocycles. The van der Waals surface area contributed by atoms with Crippen LogP contribution >= 0.6 is 0 Å². The van der Waals surface area contributed by atoms with Crippen molar-refractivity contribution < 1.29 is 0 Å². The molecule has 2 heteroatoms. The molecule has 0 atom stereocenters.